The molecule has 0 bridgehead atoms. The maximum atomic E-state index is 12.7. The number of nitrogens with zero attached hydrogens (tertiary/aromatic N) is 1. The Bertz CT molecular complexity index is 1080. The van der Waals surface area contributed by atoms with Crippen LogP contribution >= 0.6 is 0 Å². The van der Waals surface area contributed by atoms with Crippen LogP contribution in [0.3, 0.4) is 0 Å². The normalized spacial score (nSPS) is 13.5. The number of hydrogen-bond donors (Lipinski definition) is 2. The molecule has 1 aromatic heterocycles. The van der Waals surface area contributed by atoms with E-state index in [4.69, 9.17) is 5.73 Å². The van der Waals surface area contributed by atoms with Gasteiger partial charge in [0.2, 0.25) is 0 Å². The number of halogens is 3. The lowest BCUT2D eigenvalue weighted by Crippen LogP contribution is -2.14. The molecule has 1 amide bonds. The third-order valence-electron chi connectivity index (χ3n) is 5.15. The molecule has 1 aliphatic rings. The number of ether oxygens (including phenoxy) is 2. The second-order valence-corrected chi connectivity index (χ2v) is 7.40. The Kier molecular flexibility index (Phi) is 5.92. The molecular weight excluding hydrogens is 411 g/mol. The van der Waals surface area contributed by atoms with Crippen LogP contribution in [-0.4, -0.2) is 30.6 Å². The van der Waals surface area contributed by atoms with Gasteiger partial charge in [-0.25, -0.2) is 9.18 Å². The van der Waals surface area contributed by atoms with Gasteiger partial charge < -0.3 is 19.8 Å². The molecule has 0 unspecified atom stereocenters. The Morgan fingerprint density at radius 2 is 1.94 bits per heavy atom. The average Bonchev–Trinajstić information content (AvgIpc) is 3.52. The van der Waals surface area contributed by atoms with Crippen LogP contribution in [0.25, 0.3) is 22.2 Å². The standard InChI is InChI=1S/C22H22F3N3O3/c23-9-10-30-22(29)27-15-5-3-14(4-6-15)20-19(26)17-8-7-16(31-21(24)25)11-18(17)28(20)12-13-1-2-13/h3-8,11,13,21H,1-2,9-10,12,26H2,(H,27,29). The number of hydrogen-bond acceptors (Lipinski definition) is 4. The summed E-state index contributed by atoms with van der Waals surface area (Å²) in [7, 11) is 0. The highest BCUT2D eigenvalue weighted by atomic mass is 19.3. The van der Waals surface area contributed by atoms with E-state index >= 15 is 0 Å². The van der Waals surface area contributed by atoms with Gasteiger partial charge in [0.1, 0.15) is 19.0 Å². The lowest BCUT2D eigenvalue weighted by Gasteiger charge is -2.12. The van der Waals surface area contributed by atoms with Gasteiger partial charge in [-0.3, -0.25) is 5.32 Å². The van der Waals surface area contributed by atoms with Crippen LogP contribution in [0, 0.1) is 5.92 Å². The van der Waals surface area contributed by atoms with Crippen molar-refractivity contribution in [3.63, 3.8) is 0 Å². The van der Waals surface area contributed by atoms with Gasteiger partial charge in [-0.2, -0.15) is 8.78 Å². The number of alkyl halides is 3. The zero-order chi connectivity index (χ0) is 22.0. The predicted octanol–water partition coefficient (Wildman–Crippen LogP) is 5.42. The Labute approximate surface area is 176 Å². The van der Waals surface area contributed by atoms with Crippen molar-refractivity contribution in [2.24, 2.45) is 5.92 Å². The fraction of sp³-hybridized carbons (Fsp3) is 0.318. The van der Waals surface area contributed by atoms with Gasteiger partial charge in [0.05, 0.1) is 16.9 Å². The van der Waals surface area contributed by atoms with Gasteiger partial charge in [-0.05, 0) is 43.0 Å². The number of nitrogens with two attached hydrogens (primary N) is 1. The topological polar surface area (TPSA) is 78.5 Å². The number of carbonyl (C=O) groups excluding carboxylic acids is 1. The molecule has 0 saturated heterocycles. The monoisotopic (exact) mass is 433 g/mol. The number of rotatable bonds is 8. The first-order valence-corrected chi connectivity index (χ1v) is 9.93. The highest BCUT2D eigenvalue weighted by molar-refractivity contribution is 6.01. The van der Waals surface area contributed by atoms with Gasteiger partial charge in [0, 0.05) is 29.2 Å². The fourth-order valence-corrected chi connectivity index (χ4v) is 3.59. The summed E-state index contributed by atoms with van der Waals surface area (Å²) >= 11 is 0. The molecule has 0 atom stereocenters. The maximum Gasteiger partial charge on any atom is 0.411 e. The summed E-state index contributed by atoms with van der Waals surface area (Å²) in [5.41, 5.74) is 9.82. The van der Waals surface area contributed by atoms with Crippen LogP contribution in [0.1, 0.15) is 12.8 Å². The minimum Gasteiger partial charge on any atom is -0.447 e. The summed E-state index contributed by atoms with van der Waals surface area (Å²) in [6, 6.07) is 11.7. The summed E-state index contributed by atoms with van der Waals surface area (Å²) in [4.78, 5) is 11.6. The molecule has 0 radical (unpaired) electrons. The molecule has 164 valence electrons. The molecule has 4 rings (SSSR count). The van der Waals surface area contributed by atoms with E-state index in [2.05, 4.69) is 14.8 Å². The van der Waals surface area contributed by atoms with E-state index in [0.29, 0.717) is 17.3 Å². The van der Waals surface area contributed by atoms with E-state index in [1.54, 1.807) is 36.4 Å². The highest BCUT2D eigenvalue weighted by Gasteiger charge is 2.26. The summed E-state index contributed by atoms with van der Waals surface area (Å²) in [5, 5.41) is 3.28. The van der Waals surface area contributed by atoms with E-state index in [-0.39, 0.29) is 12.4 Å². The number of amides is 1. The number of carbonyl (C=O) groups is 1. The van der Waals surface area contributed by atoms with Gasteiger partial charge in [0.15, 0.2) is 0 Å². The fourth-order valence-electron chi connectivity index (χ4n) is 3.59. The van der Waals surface area contributed by atoms with E-state index in [0.717, 1.165) is 41.5 Å². The molecule has 3 aromatic rings. The summed E-state index contributed by atoms with van der Waals surface area (Å²) < 4.78 is 48.7. The quantitative estimate of drug-likeness (QED) is 0.497. The lowest BCUT2D eigenvalue weighted by atomic mass is 10.1. The molecule has 9 heteroatoms. The average molecular weight is 433 g/mol. The van der Waals surface area contributed by atoms with Crippen LogP contribution in [0.4, 0.5) is 29.3 Å². The largest absolute Gasteiger partial charge is 0.447 e. The number of aromatic nitrogens is 1. The third-order valence-corrected chi connectivity index (χ3v) is 5.15. The van der Waals surface area contributed by atoms with Crippen molar-refractivity contribution in [3.8, 4) is 17.0 Å². The Morgan fingerprint density at radius 3 is 2.58 bits per heavy atom. The molecule has 2 aromatic carbocycles. The maximum absolute atomic E-state index is 12.7. The second-order valence-electron chi connectivity index (χ2n) is 7.40. The van der Waals surface area contributed by atoms with E-state index in [1.807, 2.05) is 4.57 Å². The van der Waals surface area contributed by atoms with Crippen LogP contribution in [-0.2, 0) is 11.3 Å². The Morgan fingerprint density at radius 1 is 1.19 bits per heavy atom. The van der Waals surface area contributed by atoms with Gasteiger partial charge >= 0.3 is 12.7 Å². The minimum atomic E-state index is -2.90. The number of benzene rings is 2. The minimum absolute atomic E-state index is 0.0786. The smallest absolute Gasteiger partial charge is 0.411 e. The van der Waals surface area contributed by atoms with Crippen LogP contribution in [0.15, 0.2) is 42.5 Å². The molecule has 0 aliphatic heterocycles. The van der Waals surface area contributed by atoms with Crippen LogP contribution in [0.2, 0.25) is 0 Å². The zero-order valence-corrected chi connectivity index (χ0v) is 16.6. The first-order chi connectivity index (χ1) is 15.0. The molecule has 3 N–H and O–H groups in total. The summed E-state index contributed by atoms with van der Waals surface area (Å²) in [6.07, 6.45) is 1.48. The van der Waals surface area contributed by atoms with E-state index in [9.17, 15) is 18.0 Å². The van der Waals surface area contributed by atoms with Crippen molar-refractivity contribution < 1.29 is 27.4 Å². The number of anilines is 2. The highest BCUT2D eigenvalue weighted by Crippen LogP contribution is 2.41. The van der Waals surface area contributed by atoms with E-state index < -0.39 is 19.4 Å². The van der Waals surface area contributed by atoms with Gasteiger partial charge in [-0.1, -0.05) is 12.1 Å². The molecular formula is C22H22F3N3O3. The molecule has 31 heavy (non-hydrogen) atoms. The van der Waals surface area contributed by atoms with Crippen molar-refractivity contribution in [1.82, 2.24) is 4.57 Å². The first-order valence-electron chi connectivity index (χ1n) is 9.93. The number of fused-ring (bicyclic) bond motifs is 1. The van der Waals surface area contributed by atoms with Crippen molar-refractivity contribution in [1.29, 1.82) is 0 Å². The molecule has 0 spiro atoms. The molecule has 1 fully saturated rings. The SMILES string of the molecule is Nc1c(-c2ccc(NC(=O)OCCF)cc2)n(CC2CC2)c2cc(OC(F)F)ccc12. The number of nitrogens with one attached hydrogen (secondary N) is 1. The van der Waals surface area contributed by atoms with Crippen molar-refractivity contribution in [2.75, 3.05) is 24.3 Å². The van der Waals surface area contributed by atoms with E-state index in [1.165, 1.54) is 6.07 Å². The van der Waals surface area contributed by atoms with Crippen LogP contribution < -0.4 is 15.8 Å². The summed E-state index contributed by atoms with van der Waals surface area (Å²) in [6.45, 7) is -3.24. The number of nitrogen functional groups attached to an aromatic ring is 1. The Balaban J connectivity index is 1.68. The third kappa shape index (κ3) is 4.70. The van der Waals surface area contributed by atoms with Gasteiger partial charge in [0.25, 0.3) is 0 Å². The molecule has 1 saturated carbocycles. The van der Waals surface area contributed by atoms with Crippen molar-refractivity contribution in [2.45, 2.75) is 26.0 Å². The van der Waals surface area contributed by atoms with Gasteiger partial charge in [-0.15, -0.1) is 0 Å². The predicted molar refractivity (Wildman–Crippen MR) is 112 cm³/mol. The molecule has 1 heterocycles. The van der Waals surface area contributed by atoms with Crippen molar-refractivity contribution >= 4 is 28.4 Å². The lowest BCUT2D eigenvalue weighted by molar-refractivity contribution is -0.0497. The Hall–Kier alpha value is -3.36. The van der Waals surface area contributed by atoms with Crippen molar-refractivity contribution in [3.05, 3.63) is 42.5 Å². The zero-order valence-electron chi connectivity index (χ0n) is 16.6. The summed E-state index contributed by atoms with van der Waals surface area (Å²) in [5.74, 6) is 0.592. The van der Waals surface area contributed by atoms with Crippen LogP contribution in [0.5, 0.6) is 5.75 Å². The molecule has 6 nitrogen and oxygen atoms in total. The molecule has 1 aliphatic carbocycles. The second kappa shape index (κ2) is 8.79. The first kappa shape index (κ1) is 20.9.